The zero-order valence-corrected chi connectivity index (χ0v) is 10.4. The average molecular weight is 250 g/mol. The number of alkyl carbamates (subject to hydrolysis) is 1. The van der Waals surface area contributed by atoms with Crippen molar-refractivity contribution in [1.29, 1.82) is 0 Å². The van der Waals surface area contributed by atoms with Gasteiger partial charge in [-0.3, -0.25) is 5.32 Å². The molecule has 0 heterocycles. The lowest BCUT2D eigenvalue weighted by Gasteiger charge is -2.08. The van der Waals surface area contributed by atoms with Crippen molar-refractivity contribution in [3.05, 3.63) is 35.4 Å². The molecule has 18 heavy (non-hydrogen) atoms. The molecule has 1 aromatic carbocycles. The van der Waals surface area contributed by atoms with E-state index in [1.54, 1.807) is 18.2 Å². The highest BCUT2D eigenvalue weighted by molar-refractivity contribution is 6.09. The van der Waals surface area contributed by atoms with E-state index < -0.39 is 12.2 Å². The second-order valence-electron chi connectivity index (χ2n) is 3.42. The van der Waals surface area contributed by atoms with Crippen molar-refractivity contribution in [2.24, 2.45) is 4.99 Å². The summed E-state index contributed by atoms with van der Waals surface area (Å²) in [5, 5.41) is 2.36. The van der Waals surface area contributed by atoms with E-state index >= 15 is 0 Å². The fraction of sp³-hybridized carbons (Fsp3) is 0.250. The highest BCUT2D eigenvalue weighted by Gasteiger charge is 2.11. The highest BCUT2D eigenvalue weighted by atomic mass is 16.5. The maximum Gasteiger partial charge on any atom is 0.435 e. The predicted octanol–water partition coefficient (Wildman–Crippen LogP) is 1.86. The van der Waals surface area contributed by atoms with Crippen LogP contribution in [0.4, 0.5) is 9.59 Å². The summed E-state index contributed by atoms with van der Waals surface area (Å²) < 4.78 is 8.89. The molecule has 1 N–H and O–H groups in total. The molecule has 0 spiro atoms. The van der Waals surface area contributed by atoms with Crippen molar-refractivity contribution >= 4 is 18.0 Å². The van der Waals surface area contributed by atoms with E-state index in [1.807, 2.05) is 13.0 Å². The maximum absolute atomic E-state index is 11.2. The van der Waals surface area contributed by atoms with Gasteiger partial charge in [-0.25, -0.2) is 9.59 Å². The molecule has 0 aromatic heterocycles. The topological polar surface area (TPSA) is 77.0 Å². The number of amidine groups is 1. The van der Waals surface area contributed by atoms with Crippen LogP contribution >= 0.6 is 0 Å². The largest absolute Gasteiger partial charge is 0.453 e. The first-order chi connectivity index (χ1) is 8.56. The Labute approximate surface area is 105 Å². The van der Waals surface area contributed by atoms with Gasteiger partial charge in [-0.05, 0) is 13.0 Å². The summed E-state index contributed by atoms with van der Waals surface area (Å²) in [5.74, 6) is 0.0809. The lowest BCUT2D eigenvalue weighted by Crippen LogP contribution is -2.32. The van der Waals surface area contributed by atoms with Crippen molar-refractivity contribution in [1.82, 2.24) is 5.32 Å². The van der Waals surface area contributed by atoms with E-state index in [4.69, 9.17) is 0 Å². The number of nitrogens with zero attached hydrogens (tertiary/aromatic N) is 1. The number of rotatable bonds is 1. The molecule has 0 aliphatic carbocycles. The summed E-state index contributed by atoms with van der Waals surface area (Å²) in [5.41, 5.74) is 1.56. The van der Waals surface area contributed by atoms with Crippen LogP contribution in [0.5, 0.6) is 0 Å². The number of nitrogens with one attached hydrogen (secondary N) is 1. The third kappa shape index (κ3) is 3.89. The van der Waals surface area contributed by atoms with Gasteiger partial charge in [0.25, 0.3) is 0 Å². The first-order valence-corrected chi connectivity index (χ1v) is 5.15. The summed E-state index contributed by atoms with van der Waals surface area (Å²) in [6.07, 6.45) is -1.51. The first kappa shape index (κ1) is 13.7. The monoisotopic (exact) mass is 250 g/mol. The molecular formula is C12H14N2O4. The normalized spacial score (nSPS) is 10.7. The molecule has 1 rings (SSSR count). The van der Waals surface area contributed by atoms with Crippen molar-refractivity contribution in [2.75, 3.05) is 14.2 Å². The standard InChI is InChI=1S/C12H14N2O4/c1-8-5-4-6-9(7-8)10(13-11(15)17-2)14-12(16)18-3/h4-7H,1-3H3,(H,13,14,15,16). The minimum absolute atomic E-state index is 0.0809. The van der Waals surface area contributed by atoms with Crippen LogP contribution in [0.1, 0.15) is 11.1 Å². The Bertz CT molecular complexity index is 483. The molecule has 0 atom stereocenters. The average Bonchev–Trinajstić information content (AvgIpc) is 2.37. The quantitative estimate of drug-likeness (QED) is 0.609. The van der Waals surface area contributed by atoms with Crippen LogP contribution < -0.4 is 5.32 Å². The predicted molar refractivity (Wildman–Crippen MR) is 65.7 cm³/mol. The third-order valence-corrected chi connectivity index (χ3v) is 2.08. The zero-order valence-electron chi connectivity index (χ0n) is 10.4. The molecule has 0 unspecified atom stereocenters. The molecule has 0 aliphatic heterocycles. The molecule has 0 saturated carbocycles. The van der Waals surface area contributed by atoms with Crippen molar-refractivity contribution in [3.63, 3.8) is 0 Å². The number of methoxy groups -OCH3 is 2. The second kappa shape index (κ2) is 6.39. The highest BCUT2D eigenvalue weighted by Crippen LogP contribution is 2.05. The number of benzene rings is 1. The molecular weight excluding hydrogens is 236 g/mol. The molecule has 1 aromatic rings. The molecule has 2 amide bonds. The van der Waals surface area contributed by atoms with Gasteiger partial charge in [-0.2, -0.15) is 4.99 Å². The number of carbonyl (C=O) groups is 2. The molecule has 0 fully saturated rings. The summed E-state index contributed by atoms with van der Waals surface area (Å²) in [4.78, 5) is 26.0. The summed E-state index contributed by atoms with van der Waals surface area (Å²) >= 11 is 0. The molecule has 0 saturated heterocycles. The van der Waals surface area contributed by atoms with E-state index in [0.29, 0.717) is 5.56 Å². The van der Waals surface area contributed by atoms with Crippen molar-refractivity contribution in [3.8, 4) is 0 Å². The fourth-order valence-corrected chi connectivity index (χ4v) is 1.24. The SMILES string of the molecule is COC(=O)N=C(NC(=O)OC)c1cccc(C)c1. The van der Waals surface area contributed by atoms with Gasteiger partial charge in [0, 0.05) is 5.56 Å². The smallest absolute Gasteiger partial charge is 0.435 e. The number of hydrogen-bond donors (Lipinski definition) is 1. The number of hydrogen-bond acceptors (Lipinski definition) is 4. The van der Waals surface area contributed by atoms with Gasteiger partial charge in [0.15, 0.2) is 0 Å². The lowest BCUT2D eigenvalue weighted by atomic mass is 10.1. The minimum atomic E-state index is -0.803. The van der Waals surface area contributed by atoms with E-state index in [1.165, 1.54) is 14.2 Å². The van der Waals surface area contributed by atoms with Crippen LogP contribution in [0.2, 0.25) is 0 Å². The van der Waals surface area contributed by atoms with Crippen LogP contribution in [0.25, 0.3) is 0 Å². The zero-order chi connectivity index (χ0) is 13.5. The van der Waals surface area contributed by atoms with Gasteiger partial charge in [-0.1, -0.05) is 23.8 Å². The Morgan fingerprint density at radius 3 is 2.50 bits per heavy atom. The van der Waals surface area contributed by atoms with E-state index in [-0.39, 0.29) is 5.84 Å². The van der Waals surface area contributed by atoms with Gasteiger partial charge >= 0.3 is 12.2 Å². The minimum Gasteiger partial charge on any atom is -0.453 e. The van der Waals surface area contributed by atoms with Crippen LogP contribution in [-0.4, -0.2) is 32.2 Å². The summed E-state index contributed by atoms with van der Waals surface area (Å²) in [6, 6.07) is 7.16. The molecule has 0 bridgehead atoms. The number of carbonyl (C=O) groups excluding carboxylic acids is 2. The van der Waals surface area contributed by atoms with Gasteiger partial charge < -0.3 is 9.47 Å². The summed E-state index contributed by atoms with van der Waals surface area (Å²) in [7, 11) is 2.43. The Hall–Kier alpha value is -2.37. The first-order valence-electron chi connectivity index (χ1n) is 5.15. The molecule has 0 radical (unpaired) electrons. The Balaban J connectivity index is 3.08. The molecule has 6 nitrogen and oxygen atoms in total. The number of aliphatic imine (C=N–C) groups is 1. The van der Waals surface area contributed by atoms with Crippen LogP contribution in [0.15, 0.2) is 29.3 Å². The molecule has 6 heteroatoms. The Kier molecular flexibility index (Phi) is 4.86. The van der Waals surface area contributed by atoms with Crippen LogP contribution in [-0.2, 0) is 9.47 Å². The molecule has 96 valence electrons. The Morgan fingerprint density at radius 2 is 1.94 bits per heavy atom. The van der Waals surface area contributed by atoms with E-state index in [9.17, 15) is 9.59 Å². The Morgan fingerprint density at radius 1 is 1.22 bits per heavy atom. The van der Waals surface area contributed by atoms with Gasteiger partial charge in [0.05, 0.1) is 14.2 Å². The fourth-order valence-electron chi connectivity index (χ4n) is 1.24. The third-order valence-electron chi connectivity index (χ3n) is 2.08. The molecule has 0 aliphatic rings. The van der Waals surface area contributed by atoms with E-state index in [2.05, 4.69) is 19.8 Å². The van der Waals surface area contributed by atoms with Crippen molar-refractivity contribution in [2.45, 2.75) is 6.92 Å². The summed E-state index contributed by atoms with van der Waals surface area (Å²) in [6.45, 7) is 1.89. The van der Waals surface area contributed by atoms with Crippen LogP contribution in [0, 0.1) is 6.92 Å². The maximum atomic E-state index is 11.2. The second-order valence-corrected chi connectivity index (χ2v) is 3.42. The van der Waals surface area contributed by atoms with Crippen LogP contribution in [0.3, 0.4) is 0 Å². The lowest BCUT2D eigenvalue weighted by molar-refractivity contribution is 0.176. The van der Waals surface area contributed by atoms with Crippen molar-refractivity contribution < 1.29 is 19.1 Å². The number of amides is 2. The van der Waals surface area contributed by atoms with Gasteiger partial charge in [0.2, 0.25) is 0 Å². The van der Waals surface area contributed by atoms with Gasteiger partial charge in [0.1, 0.15) is 5.84 Å². The van der Waals surface area contributed by atoms with Gasteiger partial charge in [-0.15, -0.1) is 0 Å². The van der Waals surface area contributed by atoms with E-state index in [0.717, 1.165) is 5.56 Å². The number of ether oxygens (including phenoxy) is 2. The number of aryl methyl sites for hydroxylation is 1.